The summed E-state index contributed by atoms with van der Waals surface area (Å²) in [5.41, 5.74) is 2.85. The van der Waals surface area contributed by atoms with Crippen molar-refractivity contribution in [1.82, 2.24) is 4.98 Å². The lowest BCUT2D eigenvalue weighted by atomic mass is 9.53. The zero-order valence-corrected chi connectivity index (χ0v) is 14.7. The molecule has 0 aliphatic heterocycles. The summed E-state index contributed by atoms with van der Waals surface area (Å²) < 4.78 is 15.0. The third-order valence-electron chi connectivity index (χ3n) is 6.93. The molecule has 0 spiro atoms. The van der Waals surface area contributed by atoms with Crippen molar-refractivity contribution in [1.29, 1.82) is 0 Å². The fraction of sp³-hybridized carbons (Fsp3) is 0.619. The molecular weight excluding hydrogens is 315 g/mol. The van der Waals surface area contributed by atoms with Crippen LogP contribution >= 0.6 is 0 Å². The van der Waals surface area contributed by atoms with E-state index in [0.29, 0.717) is 48.6 Å². The van der Waals surface area contributed by atoms with Crippen LogP contribution in [0.5, 0.6) is 0 Å². The maximum absolute atomic E-state index is 15.0. The number of alkyl halides is 1. The number of halogens is 1. The van der Waals surface area contributed by atoms with Gasteiger partial charge in [-0.2, -0.15) is 0 Å². The summed E-state index contributed by atoms with van der Waals surface area (Å²) in [4.78, 5) is 17.0. The molecule has 4 fully saturated rings. The van der Waals surface area contributed by atoms with Gasteiger partial charge in [-0.1, -0.05) is 19.1 Å². The SMILES string of the molecule is CCC(=O)c1cnc2c(c1NC1[C@@H]3CC4C[C@H]1CC(F)(C4)C3)C=CC2. The minimum absolute atomic E-state index is 0.129. The zero-order valence-electron chi connectivity index (χ0n) is 14.7. The molecule has 5 aliphatic carbocycles. The van der Waals surface area contributed by atoms with E-state index in [-0.39, 0.29) is 5.78 Å². The van der Waals surface area contributed by atoms with Crippen molar-refractivity contribution in [3.05, 3.63) is 29.1 Å². The van der Waals surface area contributed by atoms with Gasteiger partial charge in [0.25, 0.3) is 0 Å². The van der Waals surface area contributed by atoms with Gasteiger partial charge in [0.05, 0.1) is 16.9 Å². The van der Waals surface area contributed by atoms with E-state index >= 15 is 0 Å². The summed E-state index contributed by atoms with van der Waals surface area (Å²) in [6, 6.07) is 0.296. The number of hydrogen-bond acceptors (Lipinski definition) is 3. The molecule has 1 N–H and O–H groups in total. The first-order valence-corrected chi connectivity index (χ1v) is 9.73. The molecular formula is C21H25FN2O. The number of fused-ring (bicyclic) bond motifs is 1. The number of Topliss-reactive ketones (excluding diaryl/α,β-unsaturated/α-hetero) is 1. The minimum atomic E-state index is -0.920. The number of anilines is 1. The van der Waals surface area contributed by atoms with Gasteiger partial charge in [0.2, 0.25) is 0 Å². The average molecular weight is 340 g/mol. The Morgan fingerprint density at radius 2 is 2.08 bits per heavy atom. The number of allylic oxidation sites excluding steroid dienone is 1. The maximum atomic E-state index is 15.0. The van der Waals surface area contributed by atoms with Crippen LogP contribution in [-0.4, -0.2) is 22.5 Å². The van der Waals surface area contributed by atoms with Gasteiger partial charge in [0, 0.05) is 30.6 Å². The van der Waals surface area contributed by atoms with E-state index in [0.717, 1.165) is 42.6 Å². The number of aromatic nitrogens is 1. The fourth-order valence-corrected chi connectivity index (χ4v) is 6.08. The highest BCUT2D eigenvalue weighted by Crippen LogP contribution is 2.58. The van der Waals surface area contributed by atoms with E-state index in [1.165, 1.54) is 0 Å². The highest BCUT2D eigenvalue weighted by atomic mass is 19.1. The van der Waals surface area contributed by atoms with E-state index in [1.807, 2.05) is 6.92 Å². The molecule has 3 nitrogen and oxygen atoms in total. The second-order valence-corrected chi connectivity index (χ2v) is 8.58. The monoisotopic (exact) mass is 340 g/mol. The normalized spacial score (nSPS) is 37.4. The first-order chi connectivity index (χ1) is 12.1. The highest BCUT2D eigenvalue weighted by molar-refractivity contribution is 6.02. The van der Waals surface area contributed by atoms with Crippen LogP contribution in [0.4, 0.5) is 10.1 Å². The lowest BCUT2D eigenvalue weighted by molar-refractivity contribution is -0.0800. The highest BCUT2D eigenvalue weighted by Gasteiger charge is 2.56. The molecule has 1 aromatic heterocycles. The van der Waals surface area contributed by atoms with Crippen molar-refractivity contribution >= 4 is 17.5 Å². The number of nitrogens with zero attached hydrogens (tertiary/aromatic N) is 1. The molecule has 1 aromatic rings. The summed E-state index contributed by atoms with van der Waals surface area (Å²) in [7, 11) is 0. The van der Waals surface area contributed by atoms with E-state index in [9.17, 15) is 9.18 Å². The third kappa shape index (κ3) is 2.37. The van der Waals surface area contributed by atoms with Crippen LogP contribution in [-0.2, 0) is 6.42 Å². The topological polar surface area (TPSA) is 42.0 Å². The van der Waals surface area contributed by atoms with Crippen LogP contribution < -0.4 is 5.32 Å². The lowest BCUT2D eigenvalue weighted by Gasteiger charge is -2.57. The minimum Gasteiger partial charge on any atom is -0.381 e. The van der Waals surface area contributed by atoms with Crippen molar-refractivity contribution in [3.63, 3.8) is 0 Å². The first kappa shape index (κ1) is 15.5. The van der Waals surface area contributed by atoms with Gasteiger partial charge in [-0.15, -0.1) is 0 Å². The fourth-order valence-electron chi connectivity index (χ4n) is 6.08. The second-order valence-electron chi connectivity index (χ2n) is 8.58. The third-order valence-corrected chi connectivity index (χ3v) is 6.93. The molecule has 3 unspecified atom stereocenters. The molecule has 0 aromatic carbocycles. The van der Waals surface area contributed by atoms with Crippen LogP contribution in [0, 0.1) is 17.8 Å². The van der Waals surface area contributed by atoms with Gasteiger partial charge in [0.15, 0.2) is 5.78 Å². The largest absolute Gasteiger partial charge is 0.381 e. The van der Waals surface area contributed by atoms with E-state index < -0.39 is 5.67 Å². The Morgan fingerprint density at radius 1 is 1.32 bits per heavy atom. The van der Waals surface area contributed by atoms with Gasteiger partial charge < -0.3 is 5.32 Å². The number of hydrogen-bond donors (Lipinski definition) is 1. The summed E-state index contributed by atoms with van der Waals surface area (Å²) in [6.07, 6.45) is 11.7. The summed E-state index contributed by atoms with van der Waals surface area (Å²) in [5.74, 6) is 1.49. The predicted octanol–water partition coefficient (Wildman–Crippen LogP) is 4.57. The Labute approximate surface area is 148 Å². The van der Waals surface area contributed by atoms with Crippen LogP contribution in [0.3, 0.4) is 0 Å². The number of carbonyl (C=O) groups excluding carboxylic acids is 1. The Morgan fingerprint density at radius 3 is 2.76 bits per heavy atom. The van der Waals surface area contributed by atoms with Crippen LogP contribution in [0.1, 0.15) is 67.1 Å². The van der Waals surface area contributed by atoms with Gasteiger partial charge in [-0.05, 0) is 49.9 Å². The molecule has 5 aliphatic rings. The van der Waals surface area contributed by atoms with Crippen molar-refractivity contribution in [2.45, 2.75) is 63.6 Å². The van der Waals surface area contributed by atoms with Crippen LogP contribution in [0.15, 0.2) is 12.3 Å². The van der Waals surface area contributed by atoms with Gasteiger partial charge in [-0.25, -0.2) is 4.39 Å². The Hall–Kier alpha value is -1.71. The number of carbonyl (C=O) groups is 1. The molecule has 0 radical (unpaired) electrons. The molecule has 4 bridgehead atoms. The molecule has 0 amide bonds. The number of ketones is 1. The second kappa shape index (κ2) is 5.39. The lowest BCUT2D eigenvalue weighted by Crippen LogP contribution is -2.57. The zero-order chi connectivity index (χ0) is 17.2. The Balaban J connectivity index is 1.51. The predicted molar refractivity (Wildman–Crippen MR) is 96.4 cm³/mol. The van der Waals surface area contributed by atoms with E-state index in [2.05, 4.69) is 22.5 Å². The van der Waals surface area contributed by atoms with Crippen LogP contribution in [0.25, 0.3) is 6.08 Å². The van der Waals surface area contributed by atoms with E-state index in [1.54, 1.807) is 6.20 Å². The summed E-state index contributed by atoms with van der Waals surface area (Å²) in [6.45, 7) is 1.89. The molecule has 4 heteroatoms. The maximum Gasteiger partial charge on any atom is 0.166 e. The first-order valence-electron chi connectivity index (χ1n) is 9.73. The molecule has 132 valence electrons. The van der Waals surface area contributed by atoms with Gasteiger partial charge in [-0.3, -0.25) is 9.78 Å². The van der Waals surface area contributed by atoms with Crippen molar-refractivity contribution in [3.8, 4) is 0 Å². The number of nitrogens with one attached hydrogen (secondary N) is 1. The van der Waals surface area contributed by atoms with Crippen molar-refractivity contribution < 1.29 is 9.18 Å². The quantitative estimate of drug-likeness (QED) is 0.816. The molecule has 0 saturated heterocycles. The molecule has 4 saturated carbocycles. The Kier molecular flexibility index (Phi) is 3.35. The average Bonchev–Trinajstić information content (AvgIpc) is 3.04. The summed E-state index contributed by atoms with van der Waals surface area (Å²) >= 11 is 0. The molecule has 6 rings (SSSR count). The number of pyridine rings is 1. The standard InChI is InChI=1S/C21H25FN2O/c1-2-18(25)16-11-23-17-5-3-4-15(17)20(16)24-19-13-6-12-7-14(19)10-21(22,8-12)9-13/h3-4,11-14,19H,2,5-10H2,1H3,(H,23,24)/t12?,13-,14+,19?,21?. The molecule has 5 atom stereocenters. The summed E-state index contributed by atoms with van der Waals surface area (Å²) in [5, 5.41) is 3.75. The van der Waals surface area contributed by atoms with Gasteiger partial charge >= 0.3 is 0 Å². The van der Waals surface area contributed by atoms with E-state index in [4.69, 9.17) is 0 Å². The number of rotatable bonds is 4. The molecule has 25 heavy (non-hydrogen) atoms. The van der Waals surface area contributed by atoms with Crippen molar-refractivity contribution in [2.75, 3.05) is 5.32 Å². The molecule has 1 heterocycles. The Bertz CT molecular complexity index is 755. The van der Waals surface area contributed by atoms with Crippen LogP contribution in [0.2, 0.25) is 0 Å². The smallest absolute Gasteiger partial charge is 0.166 e. The van der Waals surface area contributed by atoms with Crippen molar-refractivity contribution in [2.24, 2.45) is 17.8 Å². The van der Waals surface area contributed by atoms with Gasteiger partial charge in [0.1, 0.15) is 5.67 Å².